The zero-order valence-corrected chi connectivity index (χ0v) is 12.8. The largest absolute Gasteiger partial charge is 0.424 e. The maximum Gasteiger partial charge on any atom is 0.230 e. The van der Waals surface area contributed by atoms with E-state index in [0.29, 0.717) is 12.5 Å². The lowest BCUT2D eigenvalue weighted by molar-refractivity contribution is 0.218. The summed E-state index contributed by atoms with van der Waals surface area (Å²) in [6.07, 6.45) is 5.10. The maximum atomic E-state index is 5.78. The van der Waals surface area contributed by atoms with Crippen LogP contribution in [0.15, 0.2) is 28.8 Å². The van der Waals surface area contributed by atoms with Crippen molar-refractivity contribution in [1.82, 2.24) is 25.1 Å². The van der Waals surface area contributed by atoms with Crippen LogP contribution in [0.5, 0.6) is 0 Å². The lowest BCUT2D eigenvalue weighted by Gasteiger charge is -2.26. The molecule has 4 heterocycles. The summed E-state index contributed by atoms with van der Waals surface area (Å²) in [6.45, 7) is 2.54. The summed E-state index contributed by atoms with van der Waals surface area (Å²) in [5, 5.41) is 9.46. The molecular weight excluding hydrogens is 290 g/mol. The highest BCUT2D eigenvalue weighted by molar-refractivity contribution is 5.75. The van der Waals surface area contributed by atoms with Gasteiger partial charge >= 0.3 is 0 Å². The summed E-state index contributed by atoms with van der Waals surface area (Å²) in [7, 11) is 0. The molecule has 0 unspecified atom stereocenters. The van der Waals surface area contributed by atoms with Crippen molar-refractivity contribution >= 4 is 11.0 Å². The number of hydrogen-bond donors (Lipinski definition) is 0. The van der Waals surface area contributed by atoms with E-state index in [-0.39, 0.29) is 0 Å². The topological polar surface area (TPSA) is 67.9 Å². The van der Waals surface area contributed by atoms with Gasteiger partial charge in [0, 0.05) is 42.7 Å². The van der Waals surface area contributed by atoms with Crippen molar-refractivity contribution in [3.8, 4) is 0 Å². The Morgan fingerprint density at radius 1 is 1.26 bits per heavy atom. The summed E-state index contributed by atoms with van der Waals surface area (Å²) >= 11 is 0. The predicted molar refractivity (Wildman–Crippen MR) is 83.6 cm³/mol. The van der Waals surface area contributed by atoms with E-state index in [4.69, 9.17) is 9.40 Å². The Bertz CT molecular complexity index is 870. The number of rotatable bonds is 3. The van der Waals surface area contributed by atoms with Gasteiger partial charge in [-0.25, -0.2) is 9.97 Å². The van der Waals surface area contributed by atoms with E-state index in [2.05, 4.69) is 32.2 Å². The van der Waals surface area contributed by atoms with Crippen molar-refractivity contribution in [1.29, 1.82) is 0 Å². The first-order chi connectivity index (χ1) is 11.3. The van der Waals surface area contributed by atoms with Gasteiger partial charge in [-0.3, -0.25) is 4.90 Å². The lowest BCUT2D eigenvalue weighted by atomic mass is 10.0. The van der Waals surface area contributed by atoms with E-state index >= 15 is 0 Å². The standard InChI is InChI=1S/C17H17N5O/c1-2-12-8-13-9-22(7-5-14(13)19-16(12)18-6-1)10-15-20-21-17(23-15)11-3-4-11/h1-2,6,8,11H,3-5,7,9-10H2. The van der Waals surface area contributed by atoms with Crippen LogP contribution in [0.2, 0.25) is 0 Å². The second-order valence-electron chi connectivity index (χ2n) is 6.41. The van der Waals surface area contributed by atoms with Crippen LogP contribution in [0.25, 0.3) is 11.0 Å². The Kier molecular flexibility index (Phi) is 2.91. The quantitative estimate of drug-likeness (QED) is 0.740. The Morgan fingerprint density at radius 3 is 3.13 bits per heavy atom. The lowest BCUT2D eigenvalue weighted by Crippen LogP contribution is -2.30. The molecule has 0 amide bonds. The van der Waals surface area contributed by atoms with Crippen molar-refractivity contribution in [2.24, 2.45) is 0 Å². The molecule has 3 aromatic rings. The third-order valence-corrected chi connectivity index (χ3v) is 4.58. The second-order valence-corrected chi connectivity index (χ2v) is 6.41. The molecule has 0 spiro atoms. The van der Waals surface area contributed by atoms with Gasteiger partial charge in [0.1, 0.15) is 0 Å². The minimum atomic E-state index is 0.515. The van der Waals surface area contributed by atoms with E-state index in [0.717, 1.165) is 48.0 Å². The van der Waals surface area contributed by atoms with Crippen LogP contribution in [0.4, 0.5) is 0 Å². The van der Waals surface area contributed by atoms with Crippen LogP contribution >= 0.6 is 0 Å². The number of nitrogens with zero attached hydrogens (tertiary/aromatic N) is 5. The summed E-state index contributed by atoms with van der Waals surface area (Å²) in [5.74, 6) is 2.06. The van der Waals surface area contributed by atoms with Crippen LogP contribution < -0.4 is 0 Å². The molecule has 6 nitrogen and oxygen atoms in total. The predicted octanol–water partition coefficient (Wildman–Crippen LogP) is 2.45. The molecule has 0 bridgehead atoms. The normalized spacial score (nSPS) is 18.3. The third-order valence-electron chi connectivity index (χ3n) is 4.58. The highest BCUT2D eigenvalue weighted by Gasteiger charge is 2.29. The van der Waals surface area contributed by atoms with Gasteiger partial charge in [0.2, 0.25) is 11.8 Å². The zero-order valence-electron chi connectivity index (χ0n) is 12.8. The zero-order chi connectivity index (χ0) is 15.2. The van der Waals surface area contributed by atoms with Crippen molar-refractivity contribution in [3.05, 3.63) is 47.4 Å². The fourth-order valence-electron chi connectivity index (χ4n) is 3.18. The minimum Gasteiger partial charge on any atom is -0.424 e. The fourth-order valence-corrected chi connectivity index (χ4v) is 3.18. The van der Waals surface area contributed by atoms with Gasteiger partial charge in [0.15, 0.2) is 5.65 Å². The fraction of sp³-hybridized carbons (Fsp3) is 0.412. The van der Waals surface area contributed by atoms with Gasteiger partial charge < -0.3 is 4.42 Å². The summed E-state index contributed by atoms with van der Waals surface area (Å²) < 4.78 is 5.78. The van der Waals surface area contributed by atoms with Crippen LogP contribution in [-0.4, -0.2) is 31.6 Å². The molecule has 5 rings (SSSR count). The highest BCUT2D eigenvalue weighted by atomic mass is 16.4. The molecule has 116 valence electrons. The first-order valence-corrected chi connectivity index (χ1v) is 8.13. The molecule has 0 atom stereocenters. The number of hydrogen-bond acceptors (Lipinski definition) is 6. The number of aromatic nitrogens is 4. The Balaban J connectivity index is 1.37. The van der Waals surface area contributed by atoms with Gasteiger partial charge in [-0.2, -0.15) is 0 Å². The van der Waals surface area contributed by atoms with Crippen molar-refractivity contribution < 1.29 is 4.42 Å². The maximum absolute atomic E-state index is 5.78. The van der Waals surface area contributed by atoms with Crippen LogP contribution in [0.1, 0.15) is 41.8 Å². The van der Waals surface area contributed by atoms with E-state index in [1.807, 2.05) is 6.07 Å². The first-order valence-electron chi connectivity index (χ1n) is 8.13. The molecule has 0 aromatic carbocycles. The van der Waals surface area contributed by atoms with E-state index < -0.39 is 0 Å². The van der Waals surface area contributed by atoms with Crippen LogP contribution in [-0.2, 0) is 19.5 Å². The molecule has 0 radical (unpaired) electrons. The molecule has 23 heavy (non-hydrogen) atoms. The monoisotopic (exact) mass is 307 g/mol. The Hall–Kier alpha value is -2.34. The second kappa shape index (κ2) is 5.09. The summed E-state index contributed by atoms with van der Waals surface area (Å²) in [6, 6.07) is 6.23. The molecule has 1 aliphatic heterocycles. The number of fused-ring (bicyclic) bond motifs is 2. The van der Waals surface area contributed by atoms with Crippen molar-refractivity contribution in [3.63, 3.8) is 0 Å². The van der Waals surface area contributed by atoms with Crippen molar-refractivity contribution in [2.75, 3.05) is 6.54 Å². The first kappa shape index (κ1) is 13.1. The Labute approximate surface area is 133 Å². The highest BCUT2D eigenvalue weighted by Crippen LogP contribution is 2.39. The smallest absolute Gasteiger partial charge is 0.230 e. The molecule has 1 saturated carbocycles. The van der Waals surface area contributed by atoms with Gasteiger partial charge in [-0.05, 0) is 36.6 Å². The van der Waals surface area contributed by atoms with Gasteiger partial charge in [0.05, 0.1) is 6.54 Å². The van der Waals surface area contributed by atoms with E-state index in [1.54, 1.807) is 6.20 Å². The third kappa shape index (κ3) is 2.49. The molecular formula is C17H17N5O. The van der Waals surface area contributed by atoms with Crippen LogP contribution in [0.3, 0.4) is 0 Å². The molecule has 2 aliphatic rings. The van der Waals surface area contributed by atoms with Gasteiger partial charge in [-0.15, -0.1) is 10.2 Å². The molecule has 1 aliphatic carbocycles. The SMILES string of the molecule is c1cnc2nc3c(cc2c1)CN(Cc1nnc(C2CC2)o1)CC3. The molecule has 0 saturated heterocycles. The number of pyridine rings is 2. The molecule has 3 aromatic heterocycles. The van der Waals surface area contributed by atoms with Crippen LogP contribution in [0, 0.1) is 0 Å². The van der Waals surface area contributed by atoms with Crippen molar-refractivity contribution in [2.45, 2.75) is 38.3 Å². The average molecular weight is 307 g/mol. The van der Waals surface area contributed by atoms with Gasteiger partial charge in [0.25, 0.3) is 0 Å². The van der Waals surface area contributed by atoms with E-state index in [1.165, 1.54) is 18.4 Å². The molecule has 0 N–H and O–H groups in total. The molecule has 6 heteroatoms. The minimum absolute atomic E-state index is 0.515. The summed E-state index contributed by atoms with van der Waals surface area (Å²) in [5.41, 5.74) is 3.28. The average Bonchev–Trinajstić information content (AvgIpc) is 3.33. The Morgan fingerprint density at radius 2 is 2.22 bits per heavy atom. The summed E-state index contributed by atoms with van der Waals surface area (Å²) in [4.78, 5) is 11.4. The van der Waals surface area contributed by atoms with E-state index in [9.17, 15) is 0 Å². The molecule has 1 fully saturated rings. The van der Waals surface area contributed by atoms with Gasteiger partial charge in [-0.1, -0.05) is 0 Å².